The summed E-state index contributed by atoms with van der Waals surface area (Å²) in [6, 6.07) is 9.37. The Morgan fingerprint density at radius 1 is 0.863 bits per heavy atom. The Morgan fingerprint density at radius 3 is 2.12 bits per heavy atom. The first-order valence-electron chi connectivity index (χ1n) is 16.1. The van der Waals surface area contributed by atoms with Gasteiger partial charge in [-0.15, -0.1) is 0 Å². The number of aromatic hydroxyl groups is 1. The number of nitrogens with zero attached hydrogens (tertiary/aromatic N) is 1. The maximum atomic E-state index is 13.2. The van der Waals surface area contributed by atoms with Crippen LogP contribution in [0.3, 0.4) is 0 Å². The zero-order chi connectivity index (χ0) is 37.8. The summed E-state index contributed by atoms with van der Waals surface area (Å²) >= 11 is 12.1. The Balaban J connectivity index is 0.000000501. The van der Waals surface area contributed by atoms with Crippen LogP contribution < -0.4 is 20.7 Å². The Morgan fingerprint density at radius 2 is 1.49 bits per heavy atom. The number of phenolic OH excluding ortho intramolecular Hbond substituents is 1. The fourth-order valence-corrected chi connectivity index (χ4v) is 5.83. The van der Waals surface area contributed by atoms with Gasteiger partial charge in [-0.25, -0.2) is 0 Å². The van der Waals surface area contributed by atoms with Crippen LogP contribution in [0.15, 0.2) is 30.3 Å². The van der Waals surface area contributed by atoms with Gasteiger partial charge in [0.05, 0.1) is 10.0 Å². The van der Waals surface area contributed by atoms with Crippen LogP contribution in [-0.2, 0) is 32.0 Å². The monoisotopic (exact) mass is 770 g/mol. The number of carbonyl (C=O) groups is 4. The zero-order valence-electron chi connectivity index (χ0n) is 27.3. The van der Waals surface area contributed by atoms with Crippen molar-refractivity contribution in [2.75, 3.05) is 44.6 Å². The minimum atomic E-state index is -5.77. The summed E-state index contributed by atoms with van der Waals surface area (Å²) in [4.78, 5) is 46.1. The van der Waals surface area contributed by atoms with E-state index in [9.17, 15) is 50.6 Å². The van der Waals surface area contributed by atoms with E-state index in [0.29, 0.717) is 66.5 Å². The molecular formula is C33H38Cl2F6N4O6. The second kappa shape index (κ2) is 19.3. The maximum absolute atomic E-state index is 13.2. The summed E-state index contributed by atoms with van der Waals surface area (Å²) in [6.45, 7) is 3.42. The number of nitrogens with one attached hydrogen (secondary N) is 3. The number of phenols is 1. The molecule has 0 radical (unpaired) electrons. The smallest absolute Gasteiger partial charge is 0.458 e. The molecule has 18 heteroatoms. The molecule has 1 fully saturated rings. The van der Waals surface area contributed by atoms with Gasteiger partial charge in [-0.3, -0.25) is 19.2 Å². The number of alkyl halides is 6. The quantitative estimate of drug-likeness (QED) is 0.0820. The van der Waals surface area contributed by atoms with E-state index in [1.54, 1.807) is 6.07 Å². The lowest BCUT2D eigenvalue weighted by atomic mass is 9.94. The number of hydrogen-bond acceptors (Lipinski definition) is 8. The van der Waals surface area contributed by atoms with Gasteiger partial charge in [-0.05, 0) is 68.1 Å². The number of ether oxygens (including phenoxy) is 1. The largest absolute Gasteiger partial charge is 0.506 e. The van der Waals surface area contributed by atoms with Crippen LogP contribution in [0, 0.1) is 0 Å². The first-order valence-corrected chi connectivity index (χ1v) is 16.9. The molecule has 4 rings (SSSR count). The van der Waals surface area contributed by atoms with Crippen LogP contribution in [0.5, 0.6) is 11.5 Å². The van der Waals surface area contributed by atoms with Gasteiger partial charge in [-0.1, -0.05) is 54.6 Å². The van der Waals surface area contributed by atoms with Gasteiger partial charge in [-0.2, -0.15) is 26.3 Å². The van der Waals surface area contributed by atoms with E-state index in [4.69, 9.17) is 27.9 Å². The van der Waals surface area contributed by atoms with Crippen LogP contribution in [-0.4, -0.2) is 91.1 Å². The van der Waals surface area contributed by atoms with Crippen LogP contribution >= 0.6 is 23.2 Å². The second-order valence-corrected chi connectivity index (χ2v) is 12.6. The standard InChI is InChI=1S/C29H38Cl2N4O4.C4F6O2/c30-23-8-6-20(18-24(23)31)10-13-32-15-12-27(38)35(22-4-2-1-3-5-22)17-16-33-14-11-21-7-9-25(36)28-29(21)39-19-26(37)34-28;5-3(6,7)1(11)2(12)4(8,9)10/h6-9,18,22,32-33,36H,1-5,10-17,19H2,(H,34,37);. The third kappa shape index (κ3) is 13.2. The summed E-state index contributed by atoms with van der Waals surface area (Å²) in [6.07, 6.45) is -3.84. The minimum absolute atomic E-state index is 0.000242. The van der Waals surface area contributed by atoms with Crippen molar-refractivity contribution in [3.8, 4) is 11.5 Å². The van der Waals surface area contributed by atoms with Crippen molar-refractivity contribution in [1.29, 1.82) is 0 Å². The molecule has 51 heavy (non-hydrogen) atoms. The fraction of sp³-hybridized carbons (Fsp3) is 0.515. The van der Waals surface area contributed by atoms with Crippen molar-refractivity contribution in [2.45, 2.75) is 69.8 Å². The third-order valence-electron chi connectivity index (χ3n) is 8.08. The number of hydrogen-bond donors (Lipinski definition) is 4. The van der Waals surface area contributed by atoms with E-state index in [-0.39, 0.29) is 24.2 Å². The van der Waals surface area contributed by atoms with Crippen molar-refractivity contribution in [2.24, 2.45) is 0 Å². The third-order valence-corrected chi connectivity index (χ3v) is 8.82. The number of benzene rings is 2. The number of ketones is 2. The molecule has 1 aliphatic carbocycles. The number of Topliss-reactive ketones (excluding diaryl/α,β-unsaturated/α-hetero) is 2. The first kappa shape index (κ1) is 41.8. The summed E-state index contributed by atoms with van der Waals surface area (Å²) in [7, 11) is 0. The van der Waals surface area contributed by atoms with E-state index in [2.05, 4.69) is 20.9 Å². The highest BCUT2D eigenvalue weighted by Crippen LogP contribution is 2.39. The van der Waals surface area contributed by atoms with Gasteiger partial charge in [0.25, 0.3) is 5.91 Å². The molecule has 282 valence electrons. The second-order valence-electron chi connectivity index (χ2n) is 11.8. The molecule has 1 aliphatic heterocycles. The molecule has 2 aromatic rings. The van der Waals surface area contributed by atoms with E-state index in [1.807, 2.05) is 24.3 Å². The fourth-order valence-electron chi connectivity index (χ4n) is 5.51. The summed E-state index contributed by atoms with van der Waals surface area (Å²) in [5, 5.41) is 20.7. The van der Waals surface area contributed by atoms with Crippen LogP contribution in [0.4, 0.5) is 32.0 Å². The molecule has 0 bridgehead atoms. The van der Waals surface area contributed by atoms with Crippen molar-refractivity contribution >= 4 is 52.3 Å². The molecule has 1 saturated carbocycles. The highest BCUT2D eigenvalue weighted by Gasteiger charge is 2.54. The lowest BCUT2D eigenvalue weighted by molar-refractivity contribution is -0.193. The molecule has 2 amide bonds. The number of fused-ring (bicyclic) bond motifs is 1. The summed E-state index contributed by atoms with van der Waals surface area (Å²) in [5.41, 5.74) is 2.37. The van der Waals surface area contributed by atoms with Gasteiger partial charge in [0.15, 0.2) is 12.4 Å². The van der Waals surface area contributed by atoms with Crippen LogP contribution in [0.2, 0.25) is 10.0 Å². The molecule has 1 heterocycles. The molecule has 2 aromatic carbocycles. The highest BCUT2D eigenvalue weighted by atomic mass is 35.5. The average Bonchev–Trinajstić information content (AvgIpc) is 3.08. The van der Waals surface area contributed by atoms with Gasteiger partial charge >= 0.3 is 23.9 Å². The molecule has 0 unspecified atom stereocenters. The Labute approximate surface area is 300 Å². The number of carbonyl (C=O) groups excluding carboxylic acids is 4. The van der Waals surface area contributed by atoms with Crippen molar-refractivity contribution in [3.63, 3.8) is 0 Å². The topological polar surface area (TPSA) is 137 Å². The molecule has 0 spiro atoms. The van der Waals surface area contributed by atoms with Gasteiger partial charge in [0, 0.05) is 32.1 Å². The molecule has 0 atom stereocenters. The van der Waals surface area contributed by atoms with Crippen molar-refractivity contribution in [1.82, 2.24) is 15.5 Å². The lowest BCUT2D eigenvalue weighted by Crippen LogP contribution is -2.45. The minimum Gasteiger partial charge on any atom is -0.506 e. The lowest BCUT2D eigenvalue weighted by Gasteiger charge is -2.34. The van der Waals surface area contributed by atoms with Crippen molar-refractivity contribution < 1.29 is 55.4 Å². The summed E-state index contributed by atoms with van der Waals surface area (Å²) < 4.78 is 72.5. The summed E-state index contributed by atoms with van der Waals surface area (Å²) in [5.74, 6) is -6.36. The molecule has 10 nitrogen and oxygen atoms in total. The number of anilines is 1. The molecule has 4 N–H and O–H groups in total. The maximum Gasteiger partial charge on any atom is 0.458 e. The normalized spacial score (nSPS) is 14.8. The van der Waals surface area contributed by atoms with E-state index >= 15 is 0 Å². The molecule has 0 aromatic heterocycles. The van der Waals surface area contributed by atoms with Gasteiger partial charge < -0.3 is 30.7 Å². The Bertz CT molecular complexity index is 1510. The predicted octanol–water partition coefficient (Wildman–Crippen LogP) is 5.79. The Hall–Kier alpha value is -3.60. The van der Waals surface area contributed by atoms with Gasteiger partial charge in [0.1, 0.15) is 11.4 Å². The van der Waals surface area contributed by atoms with E-state index < -0.39 is 23.9 Å². The number of halogens is 8. The SMILES string of the molecule is O=C(C(=O)C(F)(F)F)C(F)(F)F.O=C1COc2c(CCNCCN(C(=O)CCNCCc3ccc(Cl)c(Cl)c3)C3CCCCC3)ccc(O)c2N1. The Kier molecular flexibility index (Phi) is 15.8. The molecule has 2 aliphatic rings. The zero-order valence-corrected chi connectivity index (χ0v) is 28.8. The van der Waals surface area contributed by atoms with Crippen LogP contribution in [0.1, 0.15) is 49.7 Å². The number of amides is 2. The molecule has 0 saturated heterocycles. The predicted molar refractivity (Wildman–Crippen MR) is 177 cm³/mol. The van der Waals surface area contributed by atoms with E-state index in [0.717, 1.165) is 36.9 Å². The van der Waals surface area contributed by atoms with E-state index in [1.165, 1.54) is 19.3 Å². The first-order chi connectivity index (χ1) is 24.0. The van der Waals surface area contributed by atoms with Crippen LogP contribution in [0.25, 0.3) is 0 Å². The highest BCUT2D eigenvalue weighted by molar-refractivity contribution is 6.42. The van der Waals surface area contributed by atoms with Gasteiger partial charge in [0.2, 0.25) is 5.91 Å². The average molecular weight is 772 g/mol. The van der Waals surface area contributed by atoms with Crippen molar-refractivity contribution in [3.05, 3.63) is 51.5 Å². The molecular weight excluding hydrogens is 733 g/mol. The number of rotatable bonds is 14.